The molecule has 0 aromatic rings. The van der Waals surface area contributed by atoms with E-state index in [1.165, 1.54) is 148 Å². The predicted octanol–water partition coefficient (Wildman–Crippen LogP) is 18.4. The van der Waals surface area contributed by atoms with Crippen molar-refractivity contribution in [3.8, 4) is 0 Å². The van der Waals surface area contributed by atoms with Gasteiger partial charge in [-0.3, -0.25) is 14.4 Å². The van der Waals surface area contributed by atoms with Crippen molar-refractivity contribution in [1.82, 2.24) is 0 Å². The van der Waals surface area contributed by atoms with Gasteiger partial charge in [-0.1, -0.05) is 236 Å². The van der Waals surface area contributed by atoms with Gasteiger partial charge in [0.05, 0.1) is 0 Å². The van der Waals surface area contributed by atoms with Crippen LogP contribution in [0.4, 0.5) is 0 Å². The summed E-state index contributed by atoms with van der Waals surface area (Å²) in [5, 5.41) is 0. The average molecular weight is 909 g/mol. The maximum absolute atomic E-state index is 12.8. The van der Waals surface area contributed by atoms with Crippen molar-refractivity contribution in [1.29, 1.82) is 0 Å². The van der Waals surface area contributed by atoms with E-state index in [0.29, 0.717) is 19.3 Å². The van der Waals surface area contributed by atoms with Crippen LogP contribution in [0.1, 0.15) is 278 Å². The highest BCUT2D eigenvalue weighted by atomic mass is 16.6. The van der Waals surface area contributed by atoms with Crippen molar-refractivity contribution >= 4 is 17.9 Å². The molecule has 1 atom stereocenters. The van der Waals surface area contributed by atoms with Crippen molar-refractivity contribution < 1.29 is 28.6 Å². The summed E-state index contributed by atoms with van der Waals surface area (Å²) in [6.07, 6.45) is 66.4. The molecule has 0 aliphatic heterocycles. The highest BCUT2D eigenvalue weighted by Crippen LogP contribution is 2.16. The normalized spacial score (nSPS) is 12.5. The lowest BCUT2D eigenvalue weighted by atomic mass is 10.0. The number of allylic oxidation sites excluding steroid dienone is 10. The minimum atomic E-state index is -0.797. The van der Waals surface area contributed by atoms with Crippen LogP contribution in [0.2, 0.25) is 0 Å². The molecule has 0 saturated carbocycles. The third-order valence-corrected chi connectivity index (χ3v) is 12.0. The first-order valence-electron chi connectivity index (χ1n) is 27.8. The number of carbonyl (C=O) groups is 3. The standard InChI is InChI=1S/C59H104O6/c1-4-7-10-13-16-19-22-25-27-28-29-30-32-34-37-40-43-46-49-52-58(61)64-55-56(54-63-57(60)51-48-45-42-39-36-33-24-21-18-15-12-9-6-3)65-59(62)53-50-47-44-41-38-35-31-26-23-20-17-14-11-8-5-2/h8,11,17,20-21,24,26,31,38,41,56H,4-7,9-10,12-16,18-19,22-23,25,27-30,32-37,39-40,42-55H2,1-3H3/b11-8-,20-17-,24-21-,31-26-,41-38-. The number of esters is 3. The van der Waals surface area contributed by atoms with Gasteiger partial charge in [-0.05, 0) is 83.5 Å². The van der Waals surface area contributed by atoms with Gasteiger partial charge >= 0.3 is 17.9 Å². The lowest BCUT2D eigenvalue weighted by Crippen LogP contribution is -2.30. The Morgan fingerprint density at radius 3 is 1.00 bits per heavy atom. The molecule has 0 aromatic heterocycles. The number of carbonyl (C=O) groups excluding carboxylic acids is 3. The van der Waals surface area contributed by atoms with E-state index in [4.69, 9.17) is 14.2 Å². The minimum absolute atomic E-state index is 0.0912. The molecule has 0 rings (SSSR count). The van der Waals surface area contributed by atoms with Gasteiger partial charge in [0.15, 0.2) is 6.10 Å². The van der Waals surface area contributed by atoms with E-state index in [1.807, 2.05) is 0 Å². The highest BCUT2D eigenvalue weighted by Gasteiger charge is 2.19. The molecule has 0 aromatic carbocycles. The zero-order valence-electron chi connectivity index (χ0n) is 43.0. The first kappa shape index (κ1) is 62.1. The molecule has 0 saturated heterocycles. The Morgan fingerprint density at radius 2 is 0.600 bits per heavy atom. The van der Waals surface area contributed by atoms with Crippen molar-refractivity contribution in [3.63, 3.8) is 0 Å². The van der Waals surface area contributed by atoms with Gasteiger partial charge in [0.25, 0.3) is 0 Å². The second-order valence-electron chi connectivity index (χ2n) is 18.5. The first-order chi connectivity index (χ1) is 32.0. The third-order valence-electron chi connectivity index (χ3n) is 12.0. The topological polar surface area (TPSA) is 78.9 Å². The van der Waals surface area contributed by atoms with Crippen LogP contribution in [0.3, 0.4) is 0 Å². The maximum Gasteiger partial charge on any atom is 0.306 e. The second-order valence-corrected chi connectivity index (χ2v) is 18.5. The SMILES string of the molecule is CC/C=C\C/C=C\C/C=C\C/C=C\CCCCC(=O)OC(COC(=O)CCCCCCC/C=C\CCCCCC)COC(=O)CCCCCCCCCCCCCCCCCCCCC. The molecule has 0 fully saturated rings. The van der Waals surface area contributed by atoms with E-state index in [9.17, 15) is 14.4 Å². The molecule has 0 spiro atoms. The molecule has 6 heteroatoms. The summed E-state index contributed by atoms with van der Waals surface area (Å²) in [5.41, 5.74) is 0. The molecular weight excluding hydrogens is 805 g/mol. The number of unbranched alkanes of at least 4 members (excludes halogenated alkanes) is 29. The average Bonchev–Trinajstić information content (AvgIpc) is 3.30. The number of hydrogen-bond donors (Lipinski definition) is 0. The zero-order chi connectivity index (χ0) is 47.2. The van der Waals surface area contributed by atoms with Crippen LogP contribution >= 0.6 is 0 Å². The Balaban J connectivity index is 4.38. The molecule has 1 unspecified atom stereocenters. The fraction of sp³-hybridized carbons (Fsp3) is 0.780. The Morgan fingerprint density at radius 1 is 0.323 bits per heavy atom. The molecular formula is C59H104O6. The third kappa shape index (κ3) is 51.9. The van der Waals surface area contributed by atoms with Crippen LogP contribution in [0.5, 0.6) is 0 Å². The highest BCUT2D eigenvalue weighted by molar-refractivity contribution is 5.71. The van der Waals surface area contributed by atoms with Gasteiger partial charge in [0, 0.05) is 19.3 Å². The molecule has 0 aliphatic rings. The summed E-state index contributed by atoms with van der Waals surface area (Å²) in [7, 11) is 0. The van der Waals surface area contributed by atoms with E-state index in [2.05, 4.69) is 81.5 Å². The van der Waals surface area contributed by atoms with Gasteiger partial charge < -0.3 is 14.2 Å². The fourth-order valence-electron chi connectivity index (χ4n) is 7.84. The molecule has 0 aliphatic carbocycles. The predicted molar refractivity (Wildman–Crippen MR) is 279 cm³/mol. The van der Waals surface area contributed by atoms with Crippen LogP contribution in [0, 0.1) is 0 Å². The monoisotopic (exact) mass is 909 g/mol. The van der Waals surface area contributed by atoms with E-state index in [0.717, 1.165) is 83.5 Å². The van der Waals surface area contributed by atoms with Gasteiger partial charge in [0.2, 0.25) is 0 Å². The van der Waals surface area contributed by atoms with Crippen molar-refractivity contribution in [2.75, 3.05) is 13.2 Å². The molecule has 0 amide bonds. The first-order valence-corrected chi connectivity index (χ1v) is 27.8. The van der Waals surface area contributed by atoms with Crippen LogP contribution in [0.15, 0.2) is 60.8 Å². The van der Waals surface area contributed by atoms with Crippen LogP contribution in [-0.2, 0) is 28.6 Å². The van der Waals surface area contributed by atoms with E-state index >= 15 is 0 Å². The van der Waals surface area contributed by atoms with Crippen LogP contribution in [-0.4, -0.2) is 37.2 Å². The smallest absolute Gasteiger partial charge is 0.306 e. The maximum atomic E-state index is 12.8. The molecule has 0 heterocycles. The Kier molecular flexibility index (Phi) is 51.3. The molecule has 0 bridgehead atoms. The summed E-state index contributed by atoms with van der Waals surface area (Å²) < 4.78 is 16.8. The quantitative estimate of drug-likeness (QED) is 0.0262. The van der Waals surface area contributed by atoms with Crippen molar-refractivity contribution in [2.24, 2.45) is 0 Å². The Bertz CT molecular complexity index is 1180. The molecule has 376 valence electrons. The lowest BCUT2D eigenvalue weighted by molar-refractivity contribution is -0.167. The van der Waals surface area contributed by atoms with Gasteiger partial charge in [-0.15, -0.1) is 0 Å². The lowest BCUT2D eigenvalue weighted by Gasteiger charge is -2.18. The summed E-state index contributed by atoms with van der Waals surface area (Å²) >= 11 is 0. The number of hydrogen-bond acceptors (Lipinski definition) is 6. The molecule has 6 nitrogen and oxygen atoms in total. The molecule has 65 heavy (non-hydrogen) atoms. The fourth-order valence-corrected chi connectivity index (χ4v) is 7.84. The van der Waals surface area contributed by atoms with Gasteiger partial charge in [-0.2, -0.15) is 0 Å². The number of ether oxygens (including phenoxy) is 3. The Hall–Kier alpha value is -2.89. The molecule has 0 N–H and O–H groups in total. The van der Waals surface area contributed by atoms with Gasteiger partial charge in [-0.25, -0.2) is 0 Å². The summed E-state index contributed by atoms with van der Waals surface area (Å²) in [5.74, 6) is -0.933. The van der Waals surface area contributed by atoms with E-state index in [-0.39, 0.29) is 37.5 Å². The largest absolute Gasteiger partial charge is 0.462 e. The summed E-state index contributed by atoms with van der Waals surface area (Å²) in [4.78, 5) is 38.0. The summed E-state index contributed by atoms with van der Waals surface area (Å²) in [6, 6.07) is 0. The van der Waals surface area contributed by atoms with E-state index in [1.54, 1.807) is 0 Å². The van der Waals surface area contributed by atoms with E-state index < -0.39 is 6.10 Å². The Labute approximate surface area is 402 Å². The van der Waals surface area contributed by atoms with Crippen LogP contribution < -0.4 is 0 Å². The van der Waals surface area contributed by atoms with Gasteiger partial charge in [0.1, 0.15) is 13.2 Å². The molecule has 0 radical (unpaired) electrons. The number of rotatable bonds is 50. The van der Waals surface area contributed by atoms with Crippen LogP contribution in [0.25, 0.3) is 0 Å². The minimum Gasteiger partial charge on any atom is -0.462 e. The summed E-state index contributed by atoms with van der Waals surface area (Å²) in [6.45, 7) is 6.49. The van der Waals surface area contributed by atoms with Crippen molar-refractivity contribution in [3.05, 3.63) is 60.8 Å². The zero-order valence-corrected chi connectivity index (χ0v) is 43.0. The van der Waals surface area contributed by atoms with Crippen molar-refractivity contribution in [2.45, 2.75) is 284 Å². The second kappa shape index (κ2) is 53.7.